The third-order valence-corrected chi connectivity index (χ3v) is 4.42. The molecule has 1 unspecified atom stereocenters. The molecule has 1 aromatic rings. The Morgan fingerprint density at radius 2 is 2.14 bits per heavy atom. The number of nitro benzene ring substituents is 1. The summed E-state index contributed by atoms with van der Waals surface area (Å²) in [6.07, 6.45) is 2.23. The third kappa shape index (κ3) is 2.37. The first kappa shape index (κ1) is 14.6. The van der Waals surface area contributed by atoms with Crippen molar-refractivity contribution in [1.82, 2.24) is 4.90 Å². The zero-order chi connectivity index (χ0) is 15.9. The minimum absolute atomic E-state index is 0.0676. The molecule has 2 aliphatic rings. The highest BCUT2D eigenvalue weighted by Crippen LogP contribution is 2.30. The lowest BCUT2D eigenvalue weighted by Gasteiger charge is -2.30. The fraction of sp³-hybridized carbons (Fsp3) is 0.467. The predicted octanol–water partition coefficient (Wildman–Crippen LogP) is 0.463. The van der Waals surface area contributed by atoms with E-state index in [2.05, 4.69) is 6.92 Å². The molecule has 3 rings (SSSR count). The van der Waals surface area contributed by atoms with Crippen molar-refractivity contribution in [3.05, 3.63) is 39.4 Å². The zero-order valence-corrected chi connectivity index (χ0v) is 12.4. The Kier molecular flexibility index (Phi) is 3.66. The maximum Gasteiger partial charge on any atom is 0.282 e. The van der Waals surface area contributed by atoms with E-state index in [0.29, 0.717) is 5.92 Å². The van der Waals surface area contributed by atoms with Crippen molar-refractivity contribution in [2.24, 2.45) is 5.92 Å². The number of nitrogens with one attached hydrogen (secondary N) is 1. The van der Waals surface area contributed by atoms with Gasteiger partial charge >= 0.3 is 0 Å². The number of imide groups is 1. The van der Waals surface area contributed by atoms with Crippen molar-refractivity contribution >= 4 is 17.5 Å². The largest absolute Gasteiger partial charge is 0.317 e. The van der Waals surface area contributed by atoms with Crippen molar-refractivity contribution in [1.29, 1.82) is 0 Å². The van der Waals surface area contributed by atoms with Crippen molar-refractivity contribution in [2.45, 2.75) is 19.8 Å². The Balaban J connectivity index is 1.87. The van der Waals surface area contributed by atoms with Gasteiger partial charge in [-0.15, -0.1) is 0 Å². The molecule has 1 fully saturated rings. The van der Waals surface area contributed by atoms with Gasteiger partial charge in [-0.3, -0.25) is 19.7 Å². The van der Waals surface area contributed by atoms with Crippen LogP contribution in [0.1, 0.15) is 40.5 Å². The van der Waals surface area contributed by atoms with Crippen LogP contribution in [-0.4, -0.2) is 41.4 Å². The number of hydrogen-bond acceptors (Lipinski definition) is 4. The van der Waals surface area contributed by atoms with Gasteiger partial charge in [0.2, 0.25) is 0 Å². The zero-order valence-electron chi connectivity index (χ0n) is 12.4. The van der Waals surface area contributed by atoms with E-state index in [0.717, 1.165) is 30.8 Å². The summed E-state index contributed by atoms with van der Waals surface area (Å²) in [7, 11) is 0. The van der Waals surface area contributed by atoms with Crippen molar-refractivity contribution < 1.29 is 19.4 Å². The Labute approximate surface area is 127 Å². The molecule has 0 radical (unpaired) electrons. The Hall–Kier alpha value is -2.28. The van der Waals surface area contributed by atoms with Crippen LogP contribution in [0.15, 0.2) is 18.2 Å². The minimum atomic E-state index is -0.608. The number of nitro groups is 1. The number of amides is 2. The van der Waals surface area contributed by atoms with Crippen molar-refractivity contribution in [3.8, 4) is 0 Å². The maximum absolute atomic E-state index is 12.5. The Morgan fingerprint density at radius 3 is 2.82 bits per heavy atom. The van der Waals surface area contributed by atoms with E-state index >= 15 is 0 Å². The summed E-state index contributed by atoms with van der Waals surface area (Å²) in [6.45, 7) is 4.27. The molecule has 0 saturated carbocycles. The number of hydrogen-bond donors (Lipinski definition) is 1. The molecule has 7 heteroatoms. The van der Waals surface area contributed by atoms with Crippen LogP contribution in [0.25, 0.3) is 0 Å². The van der Waals surface area contributed by atoms with Crippen LogP contribution < -0.4 is 4.90 Å². The number of carbonyl (C=O) groups excluding carboxylic acids is 2. The van der Waals surface area contributed by atoms with E-state index in [1.54, 1.807) is 0 Å². The molecular formula is C15H18N3O4+. The summed E-state index contributed by atoms with van der Waals surface area (Å²) in [5.41, 5.74) is -0.217. The Bertz CT molecular complexity index is 658. The number of likely N-dealkylation sites (tertiary alicyclic amines) is 1. The van der Waals surface area contributed by atoms with Crippen LogP contribution in [0.5, 0.6) is 0 Å². The quantitative estimate of drug-likeness (QED) is 0.499. The van der Waals surface area contributed by atoms with E-state index in [1.165, 1.54) is 23.1 Å². The van der Waals surface area contributed by atoms with Gasteiger partial charge in [-0.2, -0.15) is 0 Å². The molecule has 2 atom stereocenters. The smallest absolute Gasteiger partial charge is 0.282 e. The van der Waals surface area contributed by atoms with E-state index < -0.39 is 16.7 Å². The molecule has 0 aromatic heterocycles. The summed E-state index contributed by atoms with van der Waals surface area (Å²) in [6, 6.07) is 4.20. The SMILES string of the molecule is C[C@H]1CCC[NH+](CN2C(=O)c3cccc([N+](=O)[O-])c3C2=O)C1. The second-order valence-corrected chi connectivity index (χ2v) is 6.10. The van der Waals surface area contributed by atoms with E-state index in [-0.39, 0.29) is 23.5 Å². The second-order valence-electron chi connectivity index (χ2n) is 6.10. The number of nitrogens with zero attached hydrogens (tertiary/aromatic N) is 2. The molecule has 1 N–H and O–H groups in total. The number of benzene rings is 1. The molecule has 0 spiro atoms. The first-order valence-corrected chi connectivity index (χ1v) is 7.46. The van der Waals surface area contributed by atoms with Crippen LogP contribution in [0, 0.1) is 16.0 Å². The van der Waals surface area contributed by atoms with Gasteiger partial charge in [-0.1, -0.05) is 13.0 Å². The summed E-state index contributed by atoms with van der Waals surface area (Å²) in [4.78, 5) is 37.7. The minimum Gasteiger partial charge on any atom is -0.317 e. The summed E-state index contributed by atoms with van der Waals surface area (Å²) >= 11 is 0. The van der Waals surface area contributed by atoms with Gasteiger partial charge in [0.25, 0.3) is 17.5 Å². The summed E-state index contributed by atoms with van der Waals surface area (Å²) < 4.78 is 0. The Morgan fingerprint density at radius 1 is 1.36 bits per heavy atom. The lowest BCUT2D eigenvalue weighted by Crippen LogP contribution is -3.15. The lowest BCUT2D eigenvalue weighted by molar-refractivity contribution is -0.915. The molecule has 1 aromatic carbocycles. The molecule has 116 valence electrons. The van der Waals surface area contributed by atoms with Crippen molar-refractivity contribution in [3.63, 3.8) is 0 Å². The molecule has 22 heavy (non-hydrogen) atoms. The van der Waals surface area contributed by atoms with Gasteiger partial charge in [0.05, 0.1) is 23.6 Å². The monoisotopic (exact) mass is 304 g/mol. The first-order valence-electron chi connectivity index (χ1n) is 7.46. The molecule has 2 amide bonds. The van der Waals surface area contributed by atoms with Gasteiger partial charge < -0.3 is 4.90 Å². The highest BCUT2D eigenvalue weighted by Gasteiger charge is 2.42. The van der Waals surface area contributed by atoms with E-state index in [9.17, 15) is 19.7 Å². The molecule has 2 aliphatic heterocycles. The van der Waals surface area contributed by atoms with E-state index in [4.69, 9.17) is 0 Å². The highest BCUT2D eigenvalue weighted by molar-refractivity contribution is 6.23. The van der Waals surface area contributed by atoms with Crippen LogP contribution in [0.3, 0.4) is 0 Å². The molecule has 2 heterocycles. The van der Waals surface area contributed by atoms with Crippen LogP contribution in [-0.2, 0) is 0 Å². The fourth-order valence-electron chi connectivity index (χ4n) is 3.38. The second kappa shape index (κ2) is 5.49. The van der Waals surface area contributed by atoms with Gasteiger partial charge in [0, 0.05) is 12.0 Å². The molecule has 1 saturated heterocycles. The van der Waals surface area contributed by atoms with Crippen LogP contribution in [0.4, 0.5) is 5.69 Å². The molecule has 7 nitrogen and oxygen atoms in total. The predicted molar refractivity (Wildman–Crippen MR) is 77.6 cm³/mol. The fourth-order valence-corrected chi connectivity index (χ4v) is 3.38. The van der Waals surface area contributed by atoms with Crippen LogP contribution >= 0.6 is 0 Å². The number of piperidine rings is 1. The van der Waals surface area contributed by atoms with Gasteiger partial charge in [0.1, 0.15) is 5.56 Å². The topological polar surface area (TPSA) is 85.0 Å². The maximum atomic E-state index is 12.5. The lowest BCUT2D eigenvalue weighted by atomic mass is 10.0. The number of carbonyl (C=O) groups is 2. The first-order chi connectivity index (χ1) is 10.5. The number of quaternary nitrogens is 1. The standard InChI is InChI=1S/C15H17N3O4/c1-10-4-3-7-16(8-10)9-17-14(19)11-5-2-6-12(18(21)22)13(11)15(17)20/h2,5-6,10H,3-4,7-9H2,1H3/p+1/t10-/m0/s1. The van der Waals surface area contributed by atoms with Gasteiger partial charge in [0.15, 0.2) is 6.67 Å². The number of fused-ring (bicyclic) bond motifs is 1. The van der Waals surface area contributed by atoms with Gasteiger partial charge in [-0.05, 0) is 18.9 Å². The third-order valence-electron chi connectivity index (χ3n) is 4.42. The average molecular weight is 304 g/mol. The number of rotatable bonds is 3. The van der Waals surface area contributed by atoms with Gasteiger partial charge in [-0.25, -0.2) is 4.90 Å². The average Bonchev–Trinajstić information content (AvgIpc) is 2.72. The summed E-state index contributed by atoms with van der Waals surface area (Å²) in [5.74, 6) is -0.402. The summed E-state index contributed by atoms with van der Waals surface area (Å²) in [5, 5.41) is 11.1. The van der Waals surface area contributed by atoms with Crippen LogP contribution in [0.2, 0.25) is 0 Å². The molecule has 0 aliphatic carbocycles. The molecule has 0 bridgehead atoms. The van der Waals surface area contributed by atoms with E-state index in [1.807, 2.05) is 0 Å². The van der Waals surface area contributed by atoms with Crippen molar-refractivity contribution in [2.75, 3.05) is 19.8 Å². The highest BCUT2D eigenvalue weighted by atomic mass is 16.6. The normalized spacial score (nSPS) is 24.5. The molecular weight excluding hydrogens is 286 g/mol.